The predicted molar refractivity (Wildman–Crippen MR) is 143 cm³/mol. The average molecular weight is 504 g/mol. The van der Waals surface area contributed by atoms with E-state index < -0.39 is 0 Å². The first-order valence-electron chi connectivity index (χ1n) is 12.6. The molecule has 1 heterocycles. The Kier molecular flexibility index (Phi) is 7.65. The van der Waals surface area contributed by atoms with Crippen LogP contribution in [0.15, 0.2) is 42.5 Å². The number of carbonyl (C=O) groups excluding carboxylic acids is 1. The van der Waals surface area contributed by atoms with Crippen LogP contribution < -0.4 is 15.4 Å². The highest BCUT2D eigenvalue weighted by Gasteiger charge is 2.64. The van der Waals surface area contributed by atoms with Gasteiger partial charge in [-0.25, -0.2) is 0 Å². The molecule has 1 saturated heterocycles. The Morgan fingerprint density at radius 3 is 2.39 bits per heavy atom. The first kappa shape index (κ1) is 26.1. The minimum Gasteiger partial charge on any atom is -0.489 e. The fourth-order valence-electron chi connectivity index (χ4n) is 5.90. The Morgan fingerprint density at radius 1 is 1.11 bits per heavy atom. The van der Waals surface area contributed by atoms with Gasteiger partial charge in [0.15, 0.2) is 0 Å². The standard InChI is InChI=1S/C30H34ClN3O2/c1-29(2)27(30(3,4)28(29)36-24-13-12-23(19-32)25(31)18-24)34-26(35)22-10-8-20(9-11-22)6-5-7-21-14-16-33-17-15-21/h8-13,18,21,27-28,33H,7,14-17H2,1-4H3,(H,34,35). The number of carbonyl (C=O) groups is 1. The second kappa shape index (κ2) is 10.6. The quantitative estimate of drug-likeness (QED) is 0.523. The first-order valence-corrected chi connectivity index (χ1v) is 13.0. The Bertz CT molecular complexity index is 1200. The molecule has 0 bridgehead atoms. The van der Waals surface area contributed by atoms with Crippen LogP contribution in [-0.4, -0.2) is 31.1 Å². The maximum atomic E-state index is 13.1. The van der Waals surface area contributed by atoms with Crippen LogP contribution in [0.1, 0.15) is 68.4 Å². The van der Waals surface area contributed by atoms with Crippen molar-refractivity contribution < 1.29 is 9.53 Å². The molecular weight excluding hydrogens is 470 g/mol. The van der Waals surface area contributed by atoms with E-state index >= 15 is 0 Å². The normalized spacial score (nSPS) is 22.3. The second-order valence-electron chi connectivity index (χ2n) is 11.1. The molecule has 2 fully saturated rings. The van der Waals surface area contributed by atoms with Gasteiger partial charge in [-0.3, -0.25) is 4.79 Å². The van der Waals surface area contributed by atoms with E-state index in [0.29, 0.717) is 27.8 Å². The summed E-state index contributed by atoms with van der Waals surface area (Å²) in [7, 11) is 0. The third-order valence-corrected chi connectivity index (χ3v) is 7.97. The molecule has 6 heteroatoms. The molecule has 1 aliphatic heterocycles. The number of hydrogen-bond acceptors (Lipinski definition) is 4. The van der Waals surface area contributed by atoms with Crippen LogP contribution in [0.3, 0.4) is 0 Å². The van der Waals surface area contributed by atoms with Crippen LogP contribution in [0.2, 0.25) is 5.02 Å². The lowest BCUT2D eigenvalue weighted by atomic mass is 9.49. The van der Waals surface area contributed by atoms with Gasteiger partial charge in [-0.15, -0.1) is 0 Å². The van der Waals surface area contributed by atoms with Gasteiger partial charge < -0.3 is 15.4 Å². The fraction of sp³-hybridized carbons (Fsp3) is 0.467. The van der Waals surface area contributed by atoms with Crippen molar-refractivity contribution in [1.82, 2.24) is 10.6 Å². The summed E-state index contributed by atoms with van der Waals surface area (Å²) in [6.45, 7) is 10.6. The van der Waals surface area contributed by atoms with Gasteiger partial charge in [0.2, 0.25) is 0 Å². The number of hydrogen-bond donors (Lipinski definition) is 2. The number of piperidine rings is 1. The SMILES string of the molecule is CC1(C)C(NC(=O)c2ccc(C#CCC3CCNCC3)cc2)C(C)(C)C1Oc1ccc(C#N)c(Cl)c1. The number of nitrogens with zero attached hydrogens (tertiary/aromatic N) is 1. The minimum atomic E-state index is -0.306. The number of halogens is 1. The molecule has 0 unspecified atom stereocenters. The zero-order valence-corrected chi connectivity index (χ0v) is 22.2. The molecule has 4 rings (SSSR count). The Morgan fingerprint density at radius 2 is 1.78 bits per heavy atom. The van der Waals surface area contributed by atoms with E-state index in [9.17, 15) is 4.79 Å². The van der Waals surface area contributed by atoms with Gasteiger partial charge in [-0.2, -0.15) is 5.26 Å². The largest absolute Gasteiger partial charge is 0.489 e. The molecule has 0 aromatic heterocycles. The summed E-state index contributed by atoms with van der Waals surface area (Å²) in [5, 5.41) is 16.1. The number of benzene rings is 2. The summed E-state index contributed by atoms with van der Waals surface area (Å²) in [4.78, 5) is 13.1. The summed E-state index contributed by atoms with van der Waals surface area (Å²) >= 11 is 6.19. The molecule has 1 saturated carbocycles. The lowest BCUT2D eigenvalue weighted by molar-refractivity contribution is -0.164. The van der Waals surface area contributed by atoms with Gasteiger partial charge in [0.1, 0.15) is 17.9 Å². The Hall–Kier alpha value is -2.99. The smallest absolute Gasteiger partial charge is 0.251 e. The highest BCUT2D eigenvalue weighted by Crippen LogP contribution is 2.55. The summed E-state index contributed by atoms with van der Waals surface area (Å²) in [5.41, 5.74) is 1.35. The molecule has 2 aromatic rings. The van der Waals surface area contributed by atoms with E-state index in [1.165, 1.54) is 12.8 Å². The summed E-state index contributed by atoms with van der Waals surface area (Å²) in [5.74, 6) is 7.75. The van der Waals surface area contributed by atoms with E-state index in [1.54, 1.807) is 18.2 Å². The van der Waals surface area contributed by atoms with Crippen molar-refractivity contribution in [3.05, 3.63) is 64.2 Å². The van der Waals surface area contributed by atoms with Crippen molar-refractivity contribution in [2.24, 2.45) is 16.7 Å². The van der Waals surface area contributed by atoms with Gasteiger partial charge in [0.05, 0.1) is 10.6 Å². The van der Waals surface area contributed by atoms with Gasteiger partial charge in [0, 0.05) is 40.5 Å². The average Bonchev–Trinajstić information content (AvgIpc) is 2.86. The molecule has 5 nitrogen and oxygen atoms in total. The molecule has 0 spiro atoms. The number of ether oxygens (including phenoxy) is 1. The van der Waals surface area contributed by atoms with Gasteiger partial charge in [0.25, 0.3) is 5.91 Å². The molecule has 0 radical (unpaired) electrons. The molecule has 2 N–H and O–H groups in total. The van der Waals surface area contributed by atoms with Crippen LogP contribution in [0.5, 0.6) is 5.75 Å². The van der Waals surface area contributed by atoms with Crippen molar-refractivity contribution in [3.8, 4) is 23.7 Å². The topological polar surface area (TPSA) is 74.2 Å². The number of rotatable bonds is 5. The Labute approximate surface area is 219 Å². The van der Waals surface area contributed by atoms with E-state index in [4.69, 9.17) is 21.6 Å². The molecule has 0 atom stereocenters. The lowest BCUT2D eigenvalue weighted by Crippen LogP contribution is -2.74. The van der Waals surface area contributed by atoms with Crippen molar-refractivity contribution >= 4 is 17.5 Å². The van der Waals surface area contributed by atoms with Crippen LogP contribution in [-0.2, 0) is 0 Å². The Balaban J connectivity index is 1.37. The number of amides is 1. The van der Waals surface area contributed by atoms with Crippen molar-refractivity contribution in [2.75, 3.05) is 13.1 Å². The summed E-state index contributed by atoms with van der Waals surface area (Å²) in [6.07, 6.45) is 3.16. The van der Waals surface area contributed by atoms with Gasteiger partial charge in [-0.1, -0.05) is 51.1 Å². The van der Waals surface area contributed by atoms with Crippen LogP contribution >= 0.6 is 11.6 Å². The summed E-state index contributed by atoms with van der Waals surface area (Å²) in [6, 6.07) is 14.6. The van der Waals surface area contributed by atoms with E-state index in [1.807, 2.05) is 24.3 Å². The zero-order chi connectivity index (χ0) is 25.9. The maximum Gasteiger partial charge on any atom is 0.251 e. The zero-order valence-electron chi connectivity index (χ0n) is 21.5. The van der Waals surface area contributed by atoms with E-state index in [0.717, 1.165) is 25.1 Å². The molecule has 2 aliphatic rings. The highest BCUT2D eigenvalue weighted by molar-refractivity contribution is 6.31. The monoisotopic (exact) mass is 503 g/mol. The molecule has 1 aliphatic carbocycles. The van der Waals surface area contributed by atoms with Gasteiger partial charge >= 0.3 is 0 Å². The minimum absolute atomic E-state index is 0.0826. The summed E-state index contributed by atoms with van der Waals surface area (Å²) < 4.78 is 6.31. The molecule has 1 amide bonds. The maximum absolute atomic E-state index is 13.1. The van der Waals surface area contributed by atoms with E-state index in [2.05, 4.69) is 56.2 Å². The second-order valence-corrected chi connectivity index (χ2v) is 11.5. The lowest BCUT2D eigenvalue weighted by Gasteiger charge is -2.63. The van der Waals surface area contributed by atoms with Crippen molar-refractivity contribution in [3.63, 3.8) is 0 Å². The van der Waals surface area contributed by atoms with Crippen molar-refractivity contribution in [1.29, 1.82) is 5.26 Å². The first-order chi connectivity index (χ1) is 17.1. The van der Waals surface area contributed by atoms with Crippen LogP contribution in [0.4, 0.5) is 0 Å². The molecule has 188 valence electrons. The molecule has 36 heavy (non-hydrogen) atoms. The fourth-order valence-corrected chi connectivity index (χ4v) is 6.11. The van der Waals surface area contributed by atoms with Crippen molar-refractivity contribution in [2.45, 2.75) is 59.1 Å². The van der Waals surface area contributed by atoms with Crippen LogP contribution in [0.25, 0.3) is 0 Å². The molecular formula is C30H34ClN3O2. The number of nitriles is 1. The third-order valence-electron chi connectivity index (χ3n) is 7.66. The predicted octanol–water partition coefficient (Wildman–Crippen LogP) is 5.56. The third kappa shape index (κ3) is 5.39. The van der Waals surface area contributed by atoms with Crippen LogP contribution in [0, 0.1) is 39.9 Å². The number of nitrogens with one attached hydrogen (secondary N) is 2. The highest BCUT2D eigenvalue weighted by atomic mass is 35.5. The van der Waals surface area contributed by atoms with E-state index in [-0.39, 0.29) is 28.9 Å². The molecule has 2 aromatic carbocycles. The van der Waals surface area contributed by atoms with Gasteiger partial charge in [-0.05, 0) is 68.2 Å².